The highest BCUT2D eigenvalue weighted by atomic mass is 35.5. The lowest BCUT2D eigenvalue weighted by molar-refractivity contribution is -0.0329. The Bertz CT molecular complexity index is 1060. The molecular weight excluding hydrogens is 364 g/mol. The molecule has 27 heavy (non-hydrogen) atoms. The van der Waals surface area contributed by atoms with Crippen LogP contribution >= 0.6 is 11.6 Å². The maximum Gasteiger partial charge on any atom is 0.246 e. The zero-order chi connectivity index (χ0) is 18.5. The van der Waals surface area contributed by atoms with Crippen LogP contribution < -0.4 is 4.74 Å². The summed E-state index contributed by atoms with van der Waals surface area (Å²) in [6.07, 6.45) is 0.172. The van der Waals surface area contributed by atoms with Crippen molar-refractivity contribution in [3.8, 4) is 11.5 Å². The van der Waals surface area contributed by atoms with Crippen molar-refractivity contribution in [3.05, 3.63) is 82.3 Å². The lowest BCUT2D eigenvalue weighted by atomic mass is 9.96. The van der Waals surface area contributed by atoms with Gasteiger partial charge < -0.3 is 14.3 Å². The molecule has 0 saturated heterocycles. The average Bonchev–Trinajstić information content (AvgIpc) is 3.28. The summed E-state index contributed by atoms with van der Waals surface area (Å²) in [6, 6.07) is 16.6. The van der Waals surface area contributed by atoms with Crippen molar-refractivity contribution >= 4 is 17.3 Å². The number of furan rings is 1. The molecule has 0 aliphatic carbocycles. The van der Waals surface area contributed by atoms with Crippen LogP contribution in [0.3, 0.4) is 0 Å². The third kappa shape index (κ3) is 2.66. The van der Waals surface area contributed by atoms with E-state index >= 15 is 0 Å². The number of fused-ring (bicyclic) bond motifs is 3. The fourth-order valence-electron chi connectivity index (χ4n) is 3.71. The molecule has 0 radical (unpaired) electrons. The summed E-state index contributed by atoms with van der Waals surface area (Å²) in [4.78, 5) is 0. The average molecular weight is 381 g/mol. The number of aromatic hydroxyl groups is 1. The maximum atomic E-state index is 10.3. The third-order valence-corrected chi connectivity index (χ3v) is 5.21. The summed E-state index contributed by atoms with van der Waals surface area (Å²) in [5.74, 6) is 2.50. The number of hydrogen-bond acceptors (Lipinski definition) is 5. The number of rotatable bonds is 2. The first-order valence-corrected chi connectivity index (χ1v) is 9.14. The van der Waals surface area contributed by atoms with E-state index in [2.05, 4.69) is 0 Å². The predicted octanol–water partition coefficient (Wildman–Crippen LogP) is 5.19. The normalized spacial score (nSPS) is 20.7. The molecule has 2 atom stereocenters. The van der Waals surface area contributed by atoms with E-state index in [4.69, 9.17) is 25.9 Å². The summed E-state index contributed by atoms with van der Waals surface area (Å²) >= 11 is 6.23. The van der Waals surface area contributed by atoms with Crippen molar-refractivity contribution in [1.82, 2.24) is 5.01 Å². The summed E-state index contributed by atoms with van der Waals surface area (Å²) in [5.41, 5.74) is 2.52. The molecule has 5 nitrogen and oxygen atoms in total. The monoisotopic (exact) mass is 380 g/mol. The molecule has 3 heterocycles. The Kier molecular flexibility index (Phi) is 3.65. The second kappa shape index (κ2) is 6.06. The van der Waals surface area contributed by atoms with E-state index in [1.165, 1.54) is 0 Å². The van der Waals surface area contributed by atoms with Crippen LogP contribution in [0.1, 0.15) is 41.3 Å². The van der Waals surface area contributed by atoms with Gasteiger partial charge in [0.2, 0.25) is 6.23 Å². The van der Waals surface area contributed by atoms with Gasteiger partial charge in [0, 0.05) is 22.6 Å². The zero-order valence-corrected chi connectivity index (χ0v) is 15.3. The first kappa shape index (κ1) is 16.3. The van der Waals surface area contributed by atoms with Crippen molar-refractivity contribution in [2.75, 3.05) is 0 Å². The number of ether oxygens (including phenoxy) is 1. The van der Waals surface area contributed by atoms with Crippen LogP contribution in [0, 0.1) is 6.92 Å². The molecule has 0 fully saturated rings. The summed E-state index contributed by atoms with van der Waals surface area (Å²) < 4.78 is 12.0. The Morgan fingerprint density at radius 1 is 1.15 bits per heavy atom. The Labute approximate surface area is 161 Å². The standard InChI is InChI=1S/C21H17ClN2O3/c1-12-6-8-20(26-12)21-24-17(15-10-13(22)7-9-19(15)27-21)11-16(23-24)14-4-2-3-5-18(14)25/h2-10,17,21,25H,11H2,1H3/t17-,21+/m1/s1. The molecule has 0 saturated carbocycles. The van der Waals surface area contributed by atoms with Crippen LogP contribution in [0.5, 0.6) is 11.5 Å². The number of aryl methyl sites for hydroxylation is 1. The van der Waals surface area contributed by atoms with Crippen LogP contribution in [0.2, 0.25) is 5.02 Å². The summed E-state index contributed by atoms with van der Waals surface area (Å²) in [7, 11) is 0. The van der Waals surface area contributed by atoms with E-state index in [1.807, 2.05) is 54.4 Å². The van der Waals surface area contributed by atoms with E-state index < -0.39 is 6.23 Å². The van der Waals surface area contributed by atoms with Crippen LogP contribution in [-0.2, 0) is 0 Å². The van der Waals surface area contributed by atoms with Gasteiger partial charge in [0.1, 0.15) is 17.3 Å². The number of para-hydroxylation sites is 1. The fourth-order valence-corrected chi connectivity index (χ4v) is 3.89. The number of nitrogens with zero attached hydrogens (tertiary/aromatic N) is 2. The quantitative estimate of drug-likeness (QED) is 0.664. The number of benzene rings is 2. The molecule has 2 aromatic carbocycles. The molecule has 0 spiro atoms. The lowest BCUT2D eigenvalue weighted by Crippen LogP contribution is -2.33. The fraction of sp³-hybridized carbons (Fsp3) is 0.190. The van der Waals surface area contributed by atoms with E-state index in [-0.39, 0.29) is 11.8 Å². The Morgan fingerprint density at radius 3 is 2.78 bits per heavy atom. The molecule has 2 aliphatic heterocycles. The third-order valence-electron chi connectivity index (χ3n) is 4.97. The molecule has 3 aromatic rings. The molecule has 5 rings (SSSR count). The first-order chi connectivity index (χ1) is 13.1. The highest BCUT2D eigenvalue weighted by Gasteiger charge is 2.42. The second-order valence-corrected chi connectivity index (χ2v) is 7.20. The number of phenolic OH excluding ortho intramolecular Hbond substituents is 1. The van der Waals surface area contributed by atoms with Crippen molar-refractivity contribution in [1.29, 1.82) is 0 Å². The molecule has 1 N–H and O–H groups in total. The molecule has 136 valence electrons. The van der Waals surface area contributed by atoms with Crippen molar-refractivity contribution in [2.45, 2.75) is 25.6 Å². The van der Waals surface area contributed by atoms with Gasteiger partial charge in [0.15, 0.2) is 5.76 Å². The van der Waals surface area contributed by atoms with Crippen LogP contribution in [0.25, 0.3) is 0 Å². The van der Waals surface area contributed by atoms with Gasteiger partial charge in [-0.3, -0.25) is 0 Å². The minimum absolute atomic E-state index is 0.0440. The molecule has 2 aliphatic rings. The molecule has 1 aromatic heterocycles. The highest BCUT2D eigenvalue weighted by Crippen LogP contribution is 2.48. The van der Waals surface area contributed by atoms with Gasteiger partial charge >= 0.3 is 0 Å². The van der Waals surface area contributed by atoms with E-state index in [0.717, 1.165) is 28.3 Å². The minimum atomic E-state index is -0.472. The molecular formula is C21H17ClN2O3. The van der Waals surface area contributed by atoms with Gasteiger partial charge in [-0.2, -0.15) is 5.10 Å². The van der Waals surface area contributed by atoms with Crippen LogP contribution in [-0.4, -0.2) is 15.8 Å². The van der Waals surface area contributed by atoms with Crippen molar-refractivity contribution in [2.24, 2.45) is 5.10 Å². The second-order valence-electron chi connectivity index (χ2n) is 6.76. The van der Waals surface area contributed by atoms with Gasteiger partial charge in [-0.05, 0) is 49.4 Å². The Balaban J connectivity index is 1.62. The van der Waals surface area contributed by atoms with Gasteiger partial charge in [0.05, 0.1) is 11.8 Å². The SMILES string of the molecule is Cc1ccc([C@@H]2Oc3ccc(Cl)cc3[C@H]3CC(c4ccccc4O)=NN32)o1. The van der Waals surface area contributed by atoms with E-state index in [9.17, 15) is 5.11 Å². The van der Waals surface area contributed by atoms with E-state index in [1.54, 1.807) is 12.1 Å². The molecule has 0 unspecified atom stereocenters. The van der Waals surface area contributed by atoms with Crippen molar-refractivity contribution in [3.63, 3.8) is 0 Å². The van der Waals surface area contributed by atoms with E-state index in [0.29, 0.717) is 17.2 Å². The Hall–Kier alpha value is -2.92. The largest absolute Gasteiger partial charge is 0.507 e. The number of phenols is 1. The topological polar surface area (TPSA) is 58.2 Å². The minimum Gasteiger partial charge on any atom is -0.507 e. The number of hydrogen-bond donors (Lipinski definition) is 1. The summed E-state index contributed by atoms with van der Waals surface area (Å²) in [5, 5.41) is 17.6. The van der Waals surface area contributed by atoms with Gasteiger partial charge in [0.25, 0.3) is 0 Å². The van der Waals surface area contributed by atoms with Crippen LogP contribution in [0.4, 0.5) is 0 Å². The molecule has 0 amide bonds. The maximum absolute atomic E-state index is 10.3. The highest BCUT2D eigenvalue weighted by molar-refractivity contribution is 6.30. The zero-order valence-electron chi connectivity index (χ0n) is 14.6. The summed E-state index contributed by atoms with van der Waals surface area (Å²) in [6.45, 7) is 1.90. The first-order valence-electron chi connectivity index (χ1n) is 8.77. The molecule has 6 heteroatoms. The number of hydrazone groups is 1. The number of halogens is 1. The molecule has 0 bridgehead atoms. The van der Waals surface area contributed by atoms with Crippen LogP contribution in [0.15, 0.2) is 64.1 Å². The van der Waals surface area contributed by atoms with Crippen molar-refractivity contribution < 1.29 is 14.3 Å². The predicted molar refractivity (Wildman–Crippen MR) is 102 cm³/mol. The smallest absolute Gasteiger partial charge is 0.246 e. The van der Waals surface area contributed by atoms with Gasteiger partial charge in [-0.15, -0.1) is 0 Å². The Morgan fingerprint density at radius 2 is 2.00 bits per heavy atom. The lowest BCUT2D eigenvalue weighted by Gasteiger charge is -2.37. The van der Waals surface area contributed by atoms with Gasteiger partial charge in [-0.1, -0.05) is 23.7 Å². The van der Waals surface area contributed by atoms with Gasteiger partial charge in [-0.25, -0.2) is 5.01 Å².